The number of aryl methyl sites for hydroxylation is 1. The molecule has 0 amide bonds. The van der Waals surface area contributed by atoms with Gasteiger partial charge in [0.1, 0.15) is 0 Å². The summed E-state index contributed by atoms with van der Waals surface area (Å²) in [5.74, 6) is 0. The number of nitrogens with two attached hydrogens (primary N) is 1. The molecule has 0 saturated heterocycles. The van der Waals surface area contributed by atoms with Gasteiger partial charge in [-0.15, -0.1) is 0 Å². The van der Waals surface area contributed by atoms with E-state index in [0.717, 1.165) is 11.6 Å². The van der Waals surface area contributed by atoms with Crippen molar-refractivity contribution in [1.29, 1.82) is 0 Å². The second-order valence-electron chi connectivity index (χ2n) is 4.44. The molecule has 0 aliphatic carbocycles. The van der Waals surface area contributed by atoms with Crippen LogP contribution >= 0.6 is 15.9 Å². The Morgan fingerprint density at radius 2 is 1.90 bits per heavy atom. The molecule has 1 heterocycles. The minimum Gasteiger partial charge on any atom is -0.320 e. The molecule has 2 aromatic rings. The van der Waals surface area contributed by atoms with Gasteiger partial charge in [0.25, 0.3) is 0 Å². The van der Waals surface area contributed by atoms with Crippen LogP contribution in [0, 0.1) is 6.92 Å². The molecule has 0 aliphatic rings. The third-order valence-corrected chi connectivity index (χ3v) is 3.56. The lowest BCUT2D eigenvalue weighted by Gasteiger charge is -2.20. The number of rotatable bonds is 2. The number of aromatic nitrogens is 1. The highest BCUT2D eigenvalue weighted by molar-refractivity contribution is 9.10. The molecule has 1 aromatic heterocycles. The zero-order valence-electron chi connectivity index (χ0n) is 10.6. The molecule has 2 nitrogen and oxygen atoms in total. The summed E-state index contributed by atoms with van der Waals surface area (Å²) < 4.78 is 39.7. The minimum atomic E-state index is -4.45. The molecular weight excluding hydrogens is 333 g/mol. The Hall–Kier alpha value is -1.40. The fraction of sp³-hybridized carbons (Fsp3) is 0.214. The summed E-state index contributed by atoms with van der Waals surface area (Å²) in [5, 5.41) is 0. The first kappa shape index (κ1) is 15.0. The van der Waals surface area contributed by atoms with E-state index >= 15 is 0 Å². The van der Waals surface area contributed by atoms with E-state index in [1.807, 2.05) is 0 Å². The molecule has 1 atom stereocenters. The van der Waals surface area contributed by atoms with E-state index in [0.29, 0.717) is 10.0 Å². The van der Waals surface area contributed by atoms with Crippen molar-refractivity contribution >= 4 is 15.9 Å². The Labute approximate surface area is 123 Å². The van der Waals surface area contributed by atoms with Gasteiger partial charge < -0.3 is 5.73 Å². The van der Waals surface area contributed by atoms with Gasteiger partial charge in [-0.25, -0.2) is 0 Å². The summed E-state index contributed by atoms with van der Waals surface area (Å²) >= 11 is 3.06. The number of hydrogen-bond acceptors (Lipinski definition) is 2. The number of benzene rings is 1. The van der Waals surface area contributed by atoms with Crippen LogP contribution in [0.25, 0.3) is 0 Å². The quantitative estimate of drug-likeness (QED) is 0.885. The predicted octanol–water partition coefficient (Wildman–Crippen LogP) is 4.22. The van der Waals surface area contributed by atoms with E-state index in [1.165, 1.54) is 12.3 Å². The van der Waals surface area contributed by atoms with Gasteiger partial charge in [-0.05, 0) is 41.8 Å². The Bertz CT molecular complexity index is 626. The summed E-state index contributed by atoms with van der Waals surface area (Å²) in [4.78, 5) is 3.93. The maximum Gasteiger partial charge on any atom is 0.416 e. The molecule has 2 N–H and O–H groups in total. The van der Waals surface area contributed by atoms with Gasteiger partial charge in [0.15, 0.2) is 0 Å². The highest BCUT2D eigenvalue weighted by Crippen LogP contribution is 2.37. The third kappa shape index (κ3) is 3.02. The molecule has 0 saturated carbocycles. The highest BCUT2D eigenvalue weighted by Gasteiger charge is 2.35. The number of alkyl halides is 3. The van der Waals surface area contributed by atoms with Crippen LogP contribution in [0.4, 0.5) is 13.2 Å². The molecule has 0 fully saturated rings. The van der Waals surface area contributed by atoms with Crippen LogP contribution in [0.1, 0.15) is 28.3 Å². The molecule has 0 spiro atoms. The van der Waals surface area contributed by atoms with Crippen molar-refractivity contribution in [2.24, 2.45) is 5.73 Å². The topological polar surface area (TPSA) is 38.9 Å². The van der Waals surface area contributed by atoms with E-state index in [2.05, 4.69) is 20.9 Å². The van der Waals surface area contributed by atoms with Crippen molar-refractivity contribution in [3.8, 4) is 0 Å². The second kappa shape index (κ2) is 5.54. The van der Waals surface area contributed by atoms with Crippen LogP contribution in [0.5, 0.6) is 0 Å². The van der Waals surface area contributed by atoms with Crippen LogP contribution in [0.2, 0.25) is 0 Å². The van der Waals surface area contributed by atoms with Gasteiger partial charge in [0.05, 0.1) is 11.6 Å². The van der Waals surface area contributed by atoms with Crippen LogP contribution in [-0.4, -0.2) is 4.98 Å². The maximum absolute atomic E-state index is 13.1. The molecule has 1 aromatic carbocycles. The fourth-order valence-corrected chi connectivity index (χ4v) is 2.38. The first-order valence-electron chi connectivity index (χ1n) is 5.83. The molecule has 0 radical (unpaired) electrons. The summed E-state index contributed by atoms with van der Waals surface area (Å²) in [6, 6.07) is 4.84. The van der Waals surface area contributed by atoms with Crippen LogP contribution in [0.3, 0.4) is 0 Å². The molecule has 20 heavy (non-hydrogen) atoms. The maximum atomic E-state index is 13.1. The molecule has 2 rings (SSSR count). The van der Waals surface area contributed by atoms with Crippen LogP contribution in [0.15, 0.2) is 41.1 Å². The van der Waals surface area contributed by atoms with Gasteiger partial charge >= 0.3 is 6.18 Å². The molecule has 1 unspecified atom stereocenters. The van der Waals surface area contributed by atoms with E-state index in [4.69, 9.17) is 5.73 Å². The molecule has 106 valence electrons. The molecular formula is C14H12BrF3N2. The van der Waals surface area contributed by atoms with Gasteiger partial charge in [-0.1, -0.05) is 22.0 Å². The second-order valence-corrected chi connectivity index (χ2v) is 5.35. The van der Waals surface area contributed by atoms with E-state index < -0.39 is 17.8 Å². The number of nitrogens with zero attached hydrogens (tertiary/aromatic N) is 1. The average molecular weight is 345 g/mol. The zero-order chi connectivity index (χ0) is 14.9. The Balaban J connectivity index is 2.56. The largest absolute Gasteiger partial charge is 0.416 e. The minimum absolute atomic E-state index is 0.0387. The fourth-order valence-electron chi connectivity index (χ4n) is 2.01. The van der Waals surface area contributed by atoms with E-state index in [1.54, 1.807) is 25.3 Å². The van der Waals surface area contributed by atoms with Gasteiger partial charge in [-0.3, -0.25) is 4.98 Å². The first-order valence-corrected chi connectivity index (χ1v) is 6.62. The predicted molar refractivity (Wildman–Crippen MR) is 74.1 cm³/mol. The number of pyridine rings is 1. The summed E-state index contributed by atoms with van der Waals surface area (Å²) in [6.45, 7) is 1.79. The van der Waals surface area contributed by atoms with Crippen molar-refractivity contribution in [3.63, 3.8) is 0 Å². The van der Waals surface area contributed by atoms with E-state index in [-0.39, 0.29) is 5.56 Å². The summed E-state index contributed by atoms with van der Waals surface area (Å²) in [6.07, 6.45) is -1.37. The van der Waals surface area contributed by atoms with Crippen LogP contribution in [-0.2, 0) is 6.18 Å². The standard InChI is InChI=1S/C14H12BrF3N2/c1-8-4-5-20-7-11(8)13(19)10-3-2-9(15)6-12(10)14(16,17)18/h2-7,13H,19H2,1H3. The first-order chi connectivity index (χ1) is 9.30. The van der Waals surface area contributed by atoms with Crippen molar-refractivity contribution < 1.29 is 13.2 Å². The van der Waals surface area contributed by atoms with Crippen LogP contribution < -0.4 is 5.73 Å². The summed E-state index contributed by atoms with van der Waals surface area (Å²) in [5.41, 5.74) is 6.71. The van der Waals surface area contributed by atoms with Gasteiger partial charge in [0.2, 0.25) is 0 Å². The molecule has 0 aliphatic heterocycles. The van der Waals surface area contributed by atoms with Gasteiger partial charge in [-0.2, -0.15) is 13.2 Å². The normalized spacial score (nSPS) is 13.3. The van der Waals surface area contributed by atoms with Crippen molar-refractivity contribution in [3.05, 3.63) is 63.4 Å². The monoisotopic (exact) mass is 344 g/mol. The van der Waals surface area contributed by atoms with Crippen molar-refractivity contribution in [2.45, 2.75) is 19.1 Å². The van der Waals surface area contributed by atoms with Crippen molar-refractivity contribution in [2.75, 3.05) is 0 Å². The van der Waals surface area contributed by atoms with E-state index in [9.17, 15) is 13.2 Å². The lowest BCUT2D eigenvalue weighted by Crippen LogP contribution is -2.19. The van der Waals surface area contributed by atoms with Crippen molar-refractivity contribution in [1.82, 2.24) is 4.98 Å². The highest BCUT2D eigenvalue weighted by atomic mass is 79.9. The zero-order valence-corrected chi connectivity index (χ0v) is 12.2. The number of halogens is 4. The molecule has 6 heteroatoms. The lowest BCUT2D eigenvalue weighted by atomic mass is 9.93. The SMILES string of the molecule is Cc1ccncc1C(N)c1ccc(Br)cc1C(F)(F)F. The average Bonchev–Trinajstić information content (AvgIpc) is 2.37. The Morgan fingerprint density at radius 3 is 2.50 bits per heavy atom. The number of hydrogen-bond donors (Lipinski definition) is 1. The lowest BCUT2D eigenvalue weighted by molar-refractivity contribution is -0.138. The van der Waals surface area contributed by atoms with Gasteiger partial charge in [0, 0.05) is 16.9 Å². The third-order valence-electron chi connectivity index (χ3n) is 3.07. The Kier molecular flexibility index (Phi) is 4.15. The molecule has 0 bridgehead atoms. The Morgan fingerprint density at radius 1 is 1.20 bits per heavy atom. The summed E-state index contributed by atoms with van der Waals surface area (Å²) in [7, 11) is 0. The smallest absolute Gasteiger partial charge is 0.320 e.